The summed E-state index contributed by atoms with van der Waals surface area (Å²) >= 11 is 1.63. The maximum absolute atomic E-state index is 13.8. The van der Waals surface area contributed by atoms with E-state index in [9.17, 15) is 18.0 Å². The summed E-state index contributed by atoms with van der Waals surface area (Å²) in [6.07, 6.45) is 10.4. The van der Waals surface area contributed by atoms with E-state index in [-0.39, 0.29) is 29.3 Å². The van der Waals surface area contributed by atoms with Gasteiger partial charge in [-0.05, 0) is 57.3 Å². The number of amides is 3. The van der Waals surface area contributed by atoms with Gasteiger partial charge in [0, 0.05) is 83.2 Å². The molecule has 238 valence electrons. The maximum Gasteiger partial charge on any atom is 0.323 e. The lowest BCUT2D eigenvalue weighted by molar-refractivity contribution is -0.136. The Morgan fingerprint density at radius 3 is 2.14 bits per heavy atom. The Labute approximate surface area is 257 Å². The van der Waals surface area contributed by atoms with Crippen LogP contribution in [0.5, 0.6) is 0 Å². The second-order valence-electron chi connectivity index (χ2n) is 13.2. The molecular weight excluding hydrogens is 574 g/mol. The Morgan fingerprint density at radius 1 is 0.905 bits per heavy atom. The number of thioether (sulfide) groups is 1. The number of hydrogen-bond acceptors (Lipinski definition) is 7. The highest BCUT2D eigenvalue weighted by molar-refractivity contribution is 8.14. The zero-order valence-corrected chi connectivity index (χ0v) is 27.4. The van der Waals surface area contributed by atoms with Crippen molar-refractivity contribution in [3.8, 4) is 0 Å². The third-order valence-corrected chi connectivity index (χ3v) is 13.0. The van der Waals surface area contributed by atoms with Crippen LogP contribution >= 0.6 is 11.8 Å². The van der Waals surface area contributed by atoms with Gasteiger partial charge in [-0.1, -0.05) is 31.5 Å². The first kappa shape index (κ1) is 32.0. The number of aliphatic imine (C=N–C) groups is 1. The summed E-state index contributed by atoms with van der Waals surface area (Å²) in [5.74, 6) is 1.25. The molecule has 0 spiro atoms. The van der Waals surface area contributed by atoms with Crippen LogP contribution in [0.4, 0.5) is 4.79 Å². The van der Waals surface area contributed by atoms with Crippen LogP contribution in [0.3, 0.4) is 0 Å². The third-order valence-electron chi connectivity index (χ3n) is 10.00. The normalized spacial score (nSPS) is 29.2. The molecule has 13 heteroatoms. The lowest BCUT2D eigenvalue weighted by Crippen LogP contribution is -2.56. The minimum Gasteiger partial charge on any atom is -0.342 e. The van der Waals surface area contributed by atoms with E-state index in [4.69, 9.17) is 4.99 Å². The molecule has 42 heavy (non-hydrogen) atoms. The van der Waals surface area contributed by atoms with E-state index < -0.39 is 10.2 Å². The molecule has 2 saturated carbocycles. The molecule has 0 radical (unpaired) electrons. The van der Waals surface area contributed by atoms with E-state index in [1.807, 2.05) is 0 Å². The van der Waals surface area contributed by atoms with Crippen LogP contribution in [0.1, 0.15) is 71.1 Å². The van der Waals surface area contributed by atoms with Gasteiger partial charge in [-0.3, -0.25) is 20.0 Å². The quantitative estimate of drug-likeness (QED) is 0.466. The summed E-state index contributed by atoms with van der Waals surface area (Å²) in [5.41, 5.74) is 0. The number of urea groups is 1. The summed E-state index contributed by atoms with van der Waals surface area (Å²) in [4.78, 5) is 38.0. The van der Waals surface area contributed by atoms with E-state index in [0.29, 0.717) is 49.7 Å². The summed E-state index contributed by atoms with van der Waals surface area (Å²) < 4.78 is 27.7. The minimum absolute atomic E-state index is 0.0375. The van der Waals surface area contributed by atoms with Crippen LogP contribution in [0, 0.1) is 11.8 Å². The monoisotopic (exact) mass is 625 g/mol. The summed E-state index contributed by atoms with van der Waals surface area (Å²) in [6.45, 7) is 7.63. The molecule has 1 unspecified atom stereocenters. The molecule has 0 aromatic carbocycles. The van der Waals surface area contributed by atoms with Gasteiger partial charge in [0.15, 0.2) is 5.17 Å². The Hall–Kier alpha value is -1.41. The molecule has 11 nitrogen and oxygen atoms in total. The standard InChI is InChI=1S/C29H51N7O4S2/c1-22-8-10-24(11-9-22)36(25-12-14-34(15-13-25)27(37)23-6-4-5-7-23)29(38)31-28-30-20-26(41-28)21-33-16-18-35(19-17-33)42(39,40)32(2)3/h22-26H,4-21H2,1-3H3,(H,30,31,38). The van der Waals surface area contributed by atoms with Gasteiger partial charge in [0.1, 0.15) is 0 Å². The number of likely N-dealkylation sites (tertiary alicyclic amines) is 1. The van der Waals surface area contributed by atoms with Crippen molar-refractivity contribution in [1.82, 2.24) is 28.6 Å². The van der Waals surface area contributed by atoms with Crippen molar-refractivity contribution in [2.75, 3.05) is 66.5 Å². The molecule has 3 amide bonds. The van der Waals surface area contributed by atoms with Gasteiger partial charge in [-0.2, -0.15) is 17.0 Å². The molecule has 3 heterocycles. The molecule has 5 rings (SSSR count). The lowest BCUT2D eigenvalue weighted by Gasteiger charge is -2.44. The lowest BCUT2D eigenvalue weighted by atomic mass is 9.85. The van der Waals surface area contributed by atoms with Crippen molar-refractivity contribution in [3.63, 3.8) is 0 Å². The van der Waals surface area contributed by atoms with Crippen molar-refractivity contribution >= 4 is 39.1 Å². The number of nitrogens with zero attached hydrogens (tertiary/aromatic N) is 6. The smallest absolute Gasteiger partial charge is 0.323 e. The van der Waals surface area contributed by atoms with Crippen molar-refractivity contribution in [1.29, 1.82) is 0 Å². The highest BCUT2D eigenvalue weighted by Crippen LogP contribution is 2.33. The van der Waals surface area contributed by atoms with Gasteiger partial charge in [0.2, 0.25) is 5.91 Å². The molecule has 0 bridgehead atoms. The number of nitrogens with one attached hydrogen (secondary N) is 1. The first-order valence-corrected chi connectivity index (χ1v) is 18.4. The number of amidine groups is 1. The molecule has 3 aliphatic heterocycles. The molecule has 5 aliphatic rings. The molecule has 1 atom stereocenters. The van der Waals surface area contributed by atoms with Crippen molar-refractivity contribution in [2.24, 2.45) is 16.8 Å². The summed E-state index contributed by atoms with van der Waals surface area (Å²) in [7, 11) is -0.233. The van der Waals surface area contributed by atoms with Gasteiger partial charge in [0.05, 0.1) is 6.54 Å². The second-order valence-corrected chi connectivity index (χ2v) is 16.6. The number of piperidine rings is 1. The van der Waals surface area contributed by atoms with E-state index in [1.54, 1.807) is 30.2 Å². The number of piperazine rings is 1. The predicted molar refractivity (Wildman–Crippen MR) is 168 cm³/mol. The predicted octanol–water partition coefficient (Wildman–Crippen LogP) is 2.65. The second kappa shape index (κ2) is 14.1. The first-order valence-electron chi connectivity index (χ1n) is 16.1. The van der Waals surface area contributed by atoms with Crippen molar-refractivity contribution in [3.05, 3.63) is 0 Å². The van der Waals surface area contributed by atoms with Gasteiger partial charge in [0.25, 0.3) is 10.2 Å². The van der Waals surface area contributed by atoms with Gasteiger partial charge in [-0.25, -0.2) is 4.79 Å². The number of rotatable bonds is 7. The van der Waals surface area contributed by atoms with Crippen LogP contribution in [-0.4, -0.2) is 133 Å². The van der Waals surface area contributed by atoms with E-state index in [2.05, 4.69) is 26.9 Å². The first-order chi connectivity index (χ1) is 20.1. The van der Waals surface area contributed by atoms with Crippen molar-refractivity contribution < 1.29 is 18.0 Å². The molecule has 2 saturated heterocycles. The Kier molecular flexibility index (Phi) is 10.8. The topological polar surface area (TPSA) is 109 Å². The van der Waals surface area contributed by atoms with E-state index in [0.717, 1.165) is 71.0 Å². The Morgan fingerprint density at radius 2 is 1.52 bits per heavy atom. The molecule has 1 N–H and O–H groups in total. The summed E-state index contributed by atoms with van der Waals surface area (Å²) in [6, 6.07) is 0.346. The van der Waals surface area contributed by atoms with Crippen LogP contribution in [0.15, 0.2) is 4.99 Å². The average Bonchev–Trinajstić information content (AvgIpc) is 3.67. The van der Waals surface area contributed by atoms with Crippen LogP contribution in [-0.2, 0) is 15.0 Å². The molecule has 0 aromatic heterocycles. The highest BCUT2D eigenvalue weighted by atomic mass is 32.2. The third kappa shape index (κ3) is 7.62. The summed E-state index contributed by atoms with van der Waals surface area (Å²) in [5, 5.41) is 4.12. The molecule has 0 aromatic rings. The number of hydrogen-bond donors (Lipinski definition) is 1. The fourth-order valence-electron chi connectivity index (χ4n) is 7.34. The molecular formula is C29H51N7O4S2. The fourth-order valence-corrected chi connectivity index (χ4v) is 9.48. The zero-order valence-electron chi connectivity index (χ0n) is 25.7. The number of carbonyl (C=O) groups is 2. The van der Waals surface area contributed by atoms with Crippen molar-refractivity contribution in [2.45, 2.75) is 88.5 Å². The largest absolute Gasteiger partial charge is 0.342 e. The maximum atomic E-state index is 13.8. The zero-order chi connectivity index (χ0) is 29.9. The van der Waals surface area contributed by atoms with Gasteiger partial charge >= 0.3 is 6.03 Å². The van der Waals surface area contributed by atoms with Crippen LogP contribution < -0.4 is 5.32 Å². The SMILES string of the molecule is CC1CCC(N(C(=O)NC2=NCC(CN3CCN(S(=O)(=O)N(C)C)CC3)S2)C2CCN(C(=O)C3CCCC3)CC2)CC1. The van der Waals surface area contributed by atoms with Crippen LogP contribution in [0.25, 0.3) is 0 Å². The fraction of sp³-hybridized carbons (Fsp3) is 0.897. The molecule has 2 aliphatic carbocycles. The highest BCUT2D eigenvalue weighted by Gasteiger charge is 2.38. The van der Waals surface area contributed by atoms with E-state index in [1.165, 1.54) is 17.1 Å². The van der Waals surface area contributed by atoms with Gasteiger partial charge in [-0.15, -0.1) is 0 Å². The number of carbonyl (C=O) groups excluding carboxylic acids is 2. The van der Waals surface area contributed by atoms with Gasteiger partial charge < -0.3 is 9.80 Å². The Balaban J connectivity index is 1.13. The Bertz CT molecular complexity index is 1070. The van der Waals surface area contributed by atoms with E-state index >= 15 is 0 Å². The average molecular weight is 626 g/mol. The molecule has 4 fully saturated rings. The van der Waals surface area contributed by atoms with Crippen LogP contribution in [0.2, 0.25) is 0 Å². The minimum atomic E-state index is -3.37.